The van der Waals surface area contributed by atoms with Crippen molar-refractivity contribution in [2.75, 3.05) is 5.32 Å². The number of benzene rings is 6. The largest absolute Gasteiger partial charge is 0.455 e. The smallest absolute Gasteiger partial charge is 0.167 e. The SMILES string of the molecule is c1ccc(-c2nc(-c3cccc4c3oc3ccccc34)nc(-c3cccc4c3oc3c(C5Nc6ccccc6S5)cccc34)n2)cc1. The number of anilines is 1. The van der Waals surface area contributed by atoms with E-state index in [1.54, 1.807) is 11.8 Å². The van der Waals surface area contributed by atoms with E-state index in [9.17, 15) is 0 Å². The van der Waals surface area contributed by atoms with E-state index < -0.39 is 0 Å². The Labute approximate surface area is 273 Å². The van der Waals surface area contributed by atoms with Gasteiger partial charge in [0.2, 0.25) is 0 Å². The molecule has 0 fully saturated rings. The van der Waals surface area contributed by atoms with Gasteiger partial charge in [0.15, 0.2) is 17.5 Å². The Morgan fingerprint density at radius 1 is 0.489 bits per heavy atom. The molecule has 222 valence electrons. The Kier molecular flexibility index (Phi) is 5.77. The summed E-state index contributed by atoms with van der Waals surface area (Å²) in [6.45, 7) is 0. The molecule has 6 aromatic carbocycles. The van der Waals surface area contributed by atoms with E-state index in [2.05, 4.69) is 66.0 Å². The Hall–Kier alpha value is -5.92. The Morgan fingerprint density at radius 2 is 1.09 bits per heavy atom. The zero-order chi connectivity index (χ0) is 30.9. The summed E-state index contributed by atoms with van der Waals surface area (Å²) in [7, 11) is 0. The third-order valence-electron chi connectivity index (χ3n) is 8.81. The lowest BCUT2D eigenvalue weighted by Crippen LogP contribution is -2.01. The van der Waals surface area contributed by atoms with Gasteiger partial charge in [-0.1, -0.05) is 115 Å². The van der Waals surface area contributed by atoms with E-state index in [4.69, 9.17) is 23.8 Å². The molecule has 0 saturated heterocycles. The fraction of sp³-hybridized carbons (Fsp3) is 0.0250. The lowest BCUT2D eigenvalue weighted by molar-refractivity contribution is 0.664. The first kappa shape index (κ1) is 26.3. The molecule has 9 aromatic rings. The lowest BCUT2D eigenvalue weighted by atomic mass is 10.1. The van der Waals surface area contributed by atoms with Crippen molar-refractivity contribution >= 4 is 61.3 Å². The molecule has 4 heterocycles. The molecule has 0 aliphatic carbocycles. The molecule has 1 atom stereocenters. The first-order valence-electron chi connectivity index (χ1n) is 15.5. The number of nitrogens with one attached hydrogen (secondary N) is 1. The molecule has 3 aromatic heterocycles. The molecular weight excluding hydrogens is 601 g/mol. The van der Waals surface area contributed by atoms with Crippen molar-refractivity contribution in [1.29, 1.82) is 0 Å². The maximum Gasteiger partial charge on any atom is 0.167 e. The summed E-state index contributed by atoms with van der Waals surface area (Å²) in [5, 5.41) is 7.86. The molecular formula is C40H24N4O2S. The molecule has 6 nitrogen and oxygen atoms in total. The topological polar surface area (TPSA) is 77.0 Å². The summed E-state index contributed by atoms with van der Waals surface area (Å²) in [6, 6.07) is 45.2. The van der Waals surface area contributed by atoms with Crippen LogP contribution in [0.1, 0.15) is 10.9 Å². The number of hydrogen-bond donors (Lipinski definition) is 1. The van der Waals surface area contributed by atoms with Crippen LogP contribution in [-0.2, 0) is 0 Å². The lowest BCUT2D eigenvalue weighted by Gasteiger charge is -2.11. The van der Waals surface area contributed by atoms with Gasteiger partial charge in [0.1, 0.15) is 27.7 Å². The summed E-state index contributed by atoms with van der Waals surface area (Å²) < 4.78 is 13.2. The number of aromatic nitrogens is 3. The maximum absolute atomic E-state index is 6.81. The standard InChI is InChI=1S/C40H24N4O2S/c1-2-11-23(12-3-1)37-42-38(28-17-8-14-25-24-13-4-6-21-32(24)45-34(25)28)44-39(43-37)29-18-9-15-26-27-16-10-19-30(36(27)46-35(26)29)40-41-31-20-5-7-22-33(31)47-40/h1-22,40-41H. The molecule has 7 heteroatoms. The van der Waals surface area contributed by atoms with Crippen LogP contribution in [0.5, 0.6) is 0 Å². The number of para-hydroxylation sites is 5. The minimum Gasteiger partial charge on any atom is -0.455 e. The van der Waals surface area contributed by atoms with E-state index in [1.807, 2.05) is 72.8 Å². The van der Waals surface area contributed by atoms with Gasteiger partial charge in [0.25, 0.3) is 0 Å². The van der Waals surface area contributed by atoms with Gasteiger partial charge in [-0.2, -0.15) is 0 Å². The number of nitrogens with zero attached hydrogens (tertiary/aromatic N) is 3. The average molecular weight is 625 g/mol. The van der Waals surface area contributed by atoms with Crippen molar-refractivity contribution in [2.45, 2.75) is 10.3 Å². The third kappa shape index (κ3) is 4.17. The minimum absolute atomic E-state index is 0.0397. The monoisotopic (exact) mass is 624 g/mol. The van der Waals surface area contributed by atoms with Crippen molar-refractivity contribution in [3.05, 3.63) is 139 Å². The number of thioether (sulfide) groups is 1. The summed E-state index contributed by atoms with van der Waals surface area (Å²) in [4.78, 5) is 16.4. The predicted molar refractivity (Wildman–Crippen MR) is 189 cm³/mol. The van der Waals surface area contributed by atoms with Gasteiger partial charge < -0.3 is 14.2 Å². The molecule has 47 heavy (non-hydrogen) atoms. The van der Waals surface area contributed by atoms with E-state index in [1.165, 1.54) is 4.90 Å². The molecule has 1 aliphatic heterocycles. The van der Waals surface area contributed by atoms with Crippen LogP contribution < -0.4 is 5.32 Å². The second kappa shape index (κ2) is 10.3. The highest BCUT2D eigenvalue weighted by Crippen LogP contribution is 2.49. The quantitative estimate of drug-likeness (QED) is 0.209. The van der Waals surface area contributed by atoms with Gasteiger partial charge in [0.05, 0.1) is 11.1 Å². The van der Waals surface area contributed by atoms with Crippen LogP contribution >= 0.6 is 11.8 Å². The molecule has 0 amide bonds. The van der Waals surface area contributed by atoms with Crippen LogP contribution in [0, 0.1) is 0 Å². The Balaban J connectivity index is 1.18. The molecule has 1 aliphatic rings. The van der Waals surface area contributed by atoms with Crippen molar-refractivity contribution in [3.63, 3.8) is 0 Å². The van der Waals surface area contributed by atoms with Gasteiger partial charge >= 0.3 is 0 Å². The van der Waals surface area contributed by atoms with Gasteiger partial charge in [-0.25, -0.2) is 15.0 Å². The number of hydrogen-bond acceptors (Lipinski definition) is 7. The third-order valence-corrected chi connectivity index (χ3v) is 10.0. The molecule has 10 rings (SSSR count). The normalized spacial score (nSPS) is 14.3. The van der Waals surface area contributed by atoms with Crippen LogP contribution in [0.15, 0.2) is 147 Å². The first-order chi connectivity index (χ1) is 23.3. The van der Waals surface area contributed by atoms with E-state index in [0.717, 1.165) is 71.8 Å². The Morgan fingerprint density at radius 3 is 1.87 bits per heavy atom. The van der Waals surface area contributed by atoms with Crippen LogP contribution in [0.25, 0.3) is 78.0 Å². The van der Waals surface area contributed by atoms with Gasteiger partial charge in [-0.3, -0.25) is 0 Å². The van der Waals surface area contributed by atoms with Crippen LogP contribution in [0.3, 0.4) is 0 Å². The second-order valence-electron chi connectivity index (χ2n) is 11.6. The number of fused-ring (bicyclic) bond motifs is 7. The van der Waals surface area contributed by atoms with Gasteiger partial charge in [0, 0.05) is 43.3 Å². The summed E-state index contributed by atoms with van der Waals surface area (Å²) in [5.41, 5.74) is 7.93. The van der Waals surface area contributed by atoms with E-state index in [-0.39, 0.29) is 5.37 Å². The highest BCUT2D eigenvalue weighted by molar-refractivity contribution is 8.00. The summed E-state index contributed by atoms with van der Waals surface area (Å²) in [5.74, 6) is 1.66. The molecule has 1 N–H and O–H groups in total. The van der Waals surface area contributed by atoms with Crippen LogP contribution in [0.4, 0.5) is 5.69 Å². The highest BCUT2D eigenvalue weighted by atomic mass is 32.2. The molecule has 0 radical (unpaired) electrons. The summed E-state index contributed by atoms with van der Waals surface area (Å²) >= 11 is 1.80. The van der Waals surface area contributed by atoms with Crippen molar-refractivity contribution in [1.82, 2.24) is 15.0 Å². The van der Waals surface area contributed by atoms with Crippen LogP contribution in [-0.4, -0.2) is 15.0 Å². The van der Waals surface area contributed by atoms with Gasteiger partial charge in [-0.15, -0.1) is 0 Å². The highest BCUT2D eigenvalue weighted by Gasteiger charge is 2.27. The molecule has 0 saturated carbocycles. The molecule has 1 unspecified atom stereocenters. The summed E-state index contributed by atoms with van der Waals surface area (Å²) in [6.07, 6.45) is 0. The fourth-order valence-electron chi connectivity index (χ4n) is 6.61. The number of rotatable bonds is 4. The second-order valence-corrected chi connectivity index (χ2v) is 12.7. The van der Waals surface area contributed by atoms with Crippen molar-refractivity contribution < 1.29 is 8.83 Å². The molecule has 0 bridgehead atoms. The van der Waals surface area contributed by atoms with Crippen LogP contribution in [0.2, 0.25) is 0 Å². The van der Waals surface area contributed by atoms with E-state index in [0.29, 0.717) is 17.5 Å². The first-order valence-corrected chi connectivity index (χ1v) is 16.4. The minimum atomic E-state index is 0.0397. The average Bonchev–Trinajstić information content (AvgIpc) is 3.85. The van der Waals surface area contributed by atoms with E-state index >= 15 is 0 Å². The maximum atomic E-state index is 6.81. The zero-order valence-electron chi connectivity index (χ0n) is 24.8. The molecule has 0 spiro atoms. The fourth-order valence-corrected chi connectivity index (χ4v) is 7.77. The van der Waals surface area contributed by atoms with Gasteiger partial charge in [-0.05, 0) is 30.3 Å². The predicted octanol–water partition coefficient (Wildman–Crippen LogP) is 10.9. The number of furan rings is 2. The zero-order valence-corrected chi connectivity index (χ0v) is 25.7. The Bertz CT molecular complexity index is 2640. The van der Waals surface area contributed by atoms with Crippen molar-refractivity contribution in [2.24, 2.45) is 0 Å². The van der Waals surface area contributed by atoms with Crippen molar-refractivity contribution in [3.8, 4) is 34.2 Å².